The average molecular weight is 242 g/mol. The molecular weight excluding hydrogens is 224 g/mol. The van der Waals surface area contributed by atoms with Gasteiger partial charge in [0.2, 0.25) is 0 Å². The number of H-pyrrole nitrogens is 1. The van der Waals surface area contributed by atoms with E-state index in [4.69, 9.17) is 0 Å². The van der Waals surface area contributed by atoms with Crippen LogP contribution in [0.3, 0.4) is 0 Å². The third kappa shape index (κ3) is 2.29. The zero-order valence-electron chi connectivity index (χ0n) is 10.6. The SMILES string of the molecule is Cc1cc(CN2CCC[C@@H]2c2cccnc2)n[nH]1. The molecule has 3 rings (SSSR count). The first-order chi connectivity index (χ1) is 8.83. The van der Waals surface area contributed by atoms with Crippen LogP contribution < -0.4 is 0 Å². The lowest BCUT2D eigenvalue weighted by atomic mass is 10.1. The number of likely N-dealkylation sites (tertiary alicyclic amines) is 1. The van der Waals surface area contributed by atoms with Crippen molar-refractivity contribution >= 4 is 0 Å². The molecule has 2 aromatic heterocycles. The lowest BCUT2D eigenvalue weighted by molar-refractivity contribution is 0.245. The first kappa shape index (κ1) is 11.4. The van der Waals surface area contributed by atoms with Crippen LogP contribution in [0.25, 0.3) is 0 Å². The number of aromatic nitrogens is 3. The van der Waals surface area contributed by atoms with Gasteiger partial charge in [-0.25, -0.2) is 0 Å². The van der Waals surface area contributed by atoms with Gasteiger partial charge in [0.15, 0.2) is 0 Å². The van der Waals surface area contributed by atoms with Crippen LogP contribution in [0.5, 0.6) is 0 Å². The maximum absolute atomic E-state index is 4.33. The van der Waals surface area contributed by atoms with Crippen LogP contribution in [0, 0.1) is 6.92 Å². The summed E-state index contributed by atoms with van der Waals surface area (Å²) in [4.78, 5) is 6.72. The van der Waals surface area contributed by atoms with E-state index in [-0.39, 0.29) is 0 Å². The van der Waals surface area contributed by atoms with Gasteiger partial charge < -0.3 is 0 Å². The van der Waals surface area contributed by atoms with Gasteiger partial charge >= 0.3 is 0 Å². The van der Waals surface area contributed by atoms with Crippen LogP contribution in [0.4, 0.5) is 0 Å². The van der Waals surface area contributed by atoms with Gasteiger partial charge in [-0.3, -0.25) is 15.0 Å². The van der Waals surface area contributed by atoms with Crippen molar-refractivity contribution in [3.8, 4) is 0 Å². The molecule has 1 fully saturated rings. The monoisotopic (exact) mass is 242 g/mol. The zero-order chi connectivity index (χ0) is 12.4. The first-order valence-corrected chi connectivity index (χ1v) is 6.48. The number of hydrogen-bond acceptors (Lipinski definition) is 3. The molecule has 0 spiro atoms. The minimum absolute atomic E-state index is 0.496. The quantitative estimate of drug-likeness (QED) is 0.899. The summed E-state index contributed by atoms with van der Waals surface area (Å²) in [6.07, 6.45) is 6.29. The van der Waals surface area contributed by atoms with Gasteiger partial charge in [-0.1, -0.05) is 6.07 Å². The predicted octanol–water partition coefficient (Wildman–Crippen LogP) is 2.45. The lowest BCUT2D eigenvalue weighted by Gasteiger charge is -2.23. The Morgan fingerprint density at radius 2 is 2.44 bits per heavy atom. The molecule has 0 amide bonds. The fourth-order valence-corrected chi connectivity index (χ4v) is 2.73. The van der Waals surface area contributed by atoms with Crippen LogP contribution in [0.15, 0.2) is 30.6 Å². The molecule has 94 valence electrons. The van der Waals surface area contributed by atoms with Crippen molar-refractivity contribution in [2.75, 3.05) is 6.54 Å². The molecule has 1 aliphatic heterocycles. The van der Waals surface area contributed by atoms with Crippen molar-refractivity contribution < 1.29 is 0 Å². The summed E-state index contributed by atoms with van der Waals surface area (Å²) in [6, 6.07) is 6.81. The van der Waals surface area contributed by atoms with Crippen molar-refractivity contribution in [1.29, 1.82) is 0 Å². The van der Waals surface area contributed by atoms with Gasteiger partial charge in [-0.05, 0) is 44.0 Å². The molecule has 0 saturated carbocycles. The molecule has 2 aromatic rings. The Morgan fingerprint density at radius 3 is 3.17 bits per heavy atom. The Kier molecular flexibility index (Phi) is 3.11. The summed E-state index contributed by atoms with van der Waals surface area (Å²) < 4.78 is 0. The van der Waals surface area contributed by atoms with Crippen molar-refractivity contribution in [3.05, 3.63) is 47.5 Å². The molecule has 18 heavy (non-hydrogen) atoms. The van der Waals surface area contributed by atoms with Crippen molar-refractivity contribution in [3.63, 3.8) is 0 Å². The summed E-state index contributed by atoms with van der Waals surface area (Å²) in [5.74, 6) is 0. The number of rotatable bonds is 3. The number of pyridine rings is 1. The highest BCUT2D eigenvalue weighted by Crippen LogP contribution is 2.32. The molecule has 1 atom stereocenters. The maximum Gasteiger partial charge on any atom is 0.0765 e. The van der Waals surface area contributed by atoms with Gasteiger partial charge in [-0.2, -0.15) is 5.10 Å². The van der Waals surface area contributed by atoms with Gasteiger partial charge in [-0.15, -0.1) is 0 Å². The topological polar surface area (TPSA) is 44.8 Å². The molecule has 4 heteroatoms. The second-order valence-corrected chi connectivity index (χ2v) is 4.96. The van der Waals surface area contributed by atoms with Gasteiger partial charge in [0.25, 0.3) is 0 Å². The number of aromatic amines is 1. The Bertz CT molecular complexity index is 506. The van der Waals surface area contributed by atoms with Crippen LogP contribution >= 0.6 is 0 Å². The van der Waals surface area contributed by atoms with Gasteiger partial charge in [0.05, 0.1) is 5.69 Å². The van der Waals surface area contributed by atoms with Crippen molar-refractivity contribution in [2.24, 2.45) is 0 Å². The Hall–Kier alpha value is -1.68. The second kappa shape index (κ2) is 4.90. The molecule has 3 heterocycles. The maximum atomic E-state index is 4.33. The number of hydrogen-bond donors (Lipinski definition) is 1. The van der Waals surface area contributed by atoms with E-state index in [0.717, 1.165) is 24.5 Å². The Morgan fingerprint density at radius 1 is 1.50 bits per heavy atom. The largest absolute Gasteiger partial charge is 0.290 e. The molecule has 0 aliphatic carbocycles. The third-order valence-corrected chi connectivity index (χ3v) is 3.56. The summed E-state index contributed by atoms with van der Waals surface area (Å²) in [6.45, 7) is 4.11. The molecule has 0 bridgehead atoms. The number of nitrogens with zero attached hydrogens (tertiary/aromatic N) is 3. The van der Waals surface area contributed by atoms with Crippen LogP contribution in [-0.4, -0.2) is 26.6 Å². The Labute approximate surface area is 107 Å². The Balaban J connectivity index is 1.75. The van der Waals surface area contributed by atoms with Crippen molar-refractivity contribution in [1.82, 2.24) is 20.1 Å². The number of nitrogens with one attached hydrogen (secondary N) is 1. The predicted molar refractivity (Wildman–Crippen MR) is 69.9 cm³/mol. The fourth-order valence-electron chi connectivity index (χ4n) is 2.73. The van der Waals surface area contributed by atoms with E-state index in [1.165, 1.54) is 18.4 Å². The molecule has 4 nitrogen and oxygen atoms in total. The van der Waals surface area contributed by atoms with Crippen LogP contribution in [0.1, 0.15) is 35.8 Å². The van der Waals surface area contributed by atoms with E-state index >= 15 is 0 Å². The molecule has 0 unspecified atom stereocenters. The third-order valence-electron chi connectivity index (χ3n) is 3.56. The second-order valence-electron chi connectivity index (χ2n) is 4.96. The molecule has 0 aromatic carbocycles. The summed E-state index contributed by atoms with van der Waals surface area (Å²) in [5.41, 5.74) is 3.58. The minimum atomic E-state index is 0.496. The lowest BCUT2D eigenvalue weighted by Crippen LogP contribution is -2.23. The molecule has 1 saturated heterocycles. The van der Waals surface area contributed by atoms with E-state index in [2.05, 4.69) is 32.2 Å². The normalized spacial score (nSPS) is 20.4. The van der Waals surface area contributed by atoms with Gasteiger partial charge in [0.1, 0.15) is 0 Å². The highest BCUT2D eigenvalue weighted by atomic mass is 15.2. The highest BCUT2D eigenvalue weighted by molar-refractivity contribution is 5.16. The molecule has 1 N–H and O–H groups in total. The van der Waals surface area contributed by atoms with Crippen molar-refractivity contribution in [2.45, 2.75) is 32.4 Å². The van der Waals surface area contributed by atoms with Crippen LogP contribution in [0.2, 0.25) is 0 Å². The summed E-state index contributed by atoms with van der Waals surface area (Å²) >= 11 is 0. The summed E-state index contributed by atoms with van der Waals surface area (Å²) in [5, 5.41) is 7.33. The molecular formula is C14H18N4. The van der Waals surface area contributed by atoms with Crippen LogP contribution in [-0.2, 0) is 6.54 Å². The van der Waals surface area contributed by atoms with E-state index in [9.17, 15) is 0 Å². The average Bonchev–Trinajstić information content (AvgIpc) is 3.00. The molecule has 0 radical (unpaired) electrons. The summed E-state index contributed by atoms with van der Waals surface area (Å²) in [7, 11) is 0. The minimum Gasteiger partial charge on any atom is -0.290 e. The fraction of sp³-hybridized carbons (Fsp3) is 0.429. The first-order valence-electron chi connectivity index (χ1n) is 6.48. The highest BCUT2D eigenvalue weighted by Gasteiger charge is 2.26. The van der Waals surface area contributed by atoms with Gasteiger partial charge in [0, 0.05) is 30.7 Å². The van der Waals surface area contributed by atoms with E-state index < -0.39 is 0 Å². The van der Waals surface area contributed by atoms with E-state index in [1.807, 2.05) is 25.4 Å². The molecule has 1 aliphatic rings. The van der Waals surface area contributed by atoms with E-state index in [1.54, 1.807) is 0 Å². The van der Waals surface area contributed by atoms with E-state index in [0.29, 0.717) is 6.04 Å². The smallest absolute Gasteiger partial charge is 0.0765 e. The number of aryl methyl sites for hydroxylation is 1. The standard InChI is InChI=1S/C14H18N4/c1-11-8-13(17-16-11)10-18-7-3-5-14(18)12-4-2-6-15-9-12/h2,4,6,8-9,14H,3,5,7,10H2,1H3,(H,16,17)/t14-/m1/s1. The zero-order valence-corrected chi connectivity index (χ0v) is 10.6.